The number of quaternary nitrogens is 1. The first-order chi connectivity index (χ1) is 11.9. The van der Waals surface area contributed by atoms with Gasteiger partial charge >= 0.3 is 0 Å². The predicted octanol–water partition coefficient (Wildman–Crippen LogP) is 2.66. The lowest BCUT2D eigenvalue weighted by molar-refractivity contribution is -0.885. The summed E-state index contributed by atoms with van der Waals surface area (Å²) in [5, 5.41) is 3.07. The van der Waals surface area contributed by atoms with Gasteiger partial charge in [0.15, 0.2) is 6.54 Å². The summed E-state index contributed by atoms with van der Waals surface area (Å²) in [6.45, 7) is 10.0. The first kappa shape index (κ1) is 19.0. The van der Waals surface area contributed by atoms with Gasteiger partial charge in [-0.25, -0.2) is 0 Å². The summed E-state index contributed by atoms with van der Waals surface area (Å²) in [5.74, 6) is 0.922. The Morgan fingerprint density at radius 3 is 2.24 bits per heavy atom. The molecule has 0 aliphatic carbocycles. The van der Waals surface area contributed by atoms with E-state index in [0.717, 1.165) is 34.0 Å². The molecule has 0 radical (unpaired) electrons. The fourth-order valence-corrected chi connectivity index (χ4v) is 3.12. The molecule has 2 rings (SSSR count). The third-order valence-corrected chi connectivity index (χ3v) is 4.14. The number of ether oxygens (including phenoxy) is 1. The van der Waals surface area contributed by atoms with Crippen LogP contribution in [0.15, 0.2) is 36.4 Å². The number of carbonyl (C=O) groups excluding carboxylic acids is 1. The van der Waals surface area contributed by atoms with Gasteiger partial charge in [0, 0.05) is 11.3 Å². The van der Waals surface area contributed by atoms with Gasteiger partial charge in [-0.1, -0.05) is 17.7 Å². The molecule has 4 nitrogen and oxygen atoms in total. The van der Waals surface area contributed by atoms with Crippen LogP contribution in [0.2, 0.25) is 0 Å². The van der Waals surface area contributed by atoms with E-state index in [1.54, 1.807) is 0 Å². The van der Waals surface area contributed by atoms with Crippen LogP contribution in [0.3, 0.4) is 0 Å². The smallest absolute Gasteiger partial charge is 0.279 e. The van der Waals surface area contributed by atoms with Crippen molar-refractivity contribution in [3.63, 3.8) is 0 Å². The number of aryl methyl sites for hydroxylation is 3. The van der Waals surface area contributed by atoms with Crippen LogP contribution < -0.4 is 15.0 Å². The van der Waals surface area contributed by atoms with E-state index in [0.29, 0.717) is 13.2 Å². The molecule has 134 valence electrons. The Balaban J connectivity index is 1.92. The maximum atomic E-state index is 12.4. The summed E-state index contributed by atoms with van der Waals surface area (Å²) < 4.78 is 5.46. The van der Waals surface area contributed by atoms with Crippen molar-refractivity contribution in [2.45, 2.75) is 34.2 Å². The Labute approximate surface area is 150 Å². The van der Waals surface area contributed by atoms with Crippen LogP contribution in [0, 0.1) is 20.8 Å². The van der Waals surface area contributed by atoms with Crippen LogP contribution in [0.25, 0.3) is 0 Å². The Hall–Kier alpha value is -2.33. The van der Waals surface area contributed by atoms with Crippen molar-refractivity contribution in [1.82, 2.24) is 0 Å². The largest absolute Gasteiger partial charge is 0.494 e. The summed E-state index contributed by atoms with van der Waals surface area (Å²) in [4.78, 5) is 13.5. The summed E-state index contributed by atoms with van der Waals surface area (Å²) in [7, 11) is 2.03. The minimum atomic E-state index is 0.0403. The van der Waals surface area contributed by atoms with E-state index >= 15 is 0 Å². The van der Waals surface area contributed by atoms with E-state index in [4.69, 9.17) is 4.74 Å². The minimum Gasteiger partial charge on any atom is -0.494 e. The molecule has 1 unspecified atom stereocenters. The average molecular weight is 341 g/mol. The predicted molar refractivity (Wildman–Crippen MR) is 102 cm³/mol. The summed E-state index contributed by atoms with van der Waals surface area (Å²) in [6.07, 6.45) is 0. The van der Waals surface area contributed by atoms with Gasteiger partial charge in [-0.05, 0) is 63.1 Å². The van der Waals surface area contributed by atoms with Gasteiger partial charge in [0.2, 0.25) is 0 Å². The summed E-state index contributed by atoms with van der Waals surface area (Å²) >= 11 is 0. The molecule has 1 atom stereocenters. The van der Waals surface area contributed by atoms with Crippen molar-refractivity contribution < 1.29 is 14.4 Å². The molecule has 2 N–H and O–H groups in total. The zero-order chi connectivity index (χ0) is 18.4. The van der Waals surface area contributed by atoms with Crippen LogP contribution in [-0.4, -0.2) is 26.1 Å². The van der Waals surface area contributed by atoms with E-state index in [1.807, 2.05) is 40.0 Å². The summed E-state index contributed by atoms with van der Waals surface area (Å²) in [5.41, 5.74) is 5.55. The van der Waals surface area contributed by atoms with Gasteiger partial charge < -0.3 is 15.0 Å². The number of carbonyl (C=O) groups is 1. The monoisotopic (exact) mass is 341 g/mol. The second kappa shape index (κ2) is 8.67. The minimum absolute atomic E-state index is 0.0403. The van der Waals surface area contributed by atoms with Crippen molar-refractivity contribution in [2.75, 3.05) is 25.5 Å². The zero-order valence-electron chi connectivity index (χ0n) is 15.9. The van der Waals surface area contributed by atoms with Crippen molar-refractivity contribution in [3.05, 3.63) is 58.7 Å². The highest BCUT2D eigenvalue weighted by Gasteiger charge is 2.13. The normalized spacial score (nSPS) is 11.9. The Kier molecular flexibility index (Phi) is 6.59. The number of hydrogen-bond donors (Lipinski definition) is 2. The van der Waals surface area contributed by atoms with Crippen LogP contribution in [0.5, 0.6) is 5.75 Å². The Morgan fingerprint density at radius 2 is 1.68 bits per heavy atom. The highest BCUT2D eigenvalue weighted by atomic mass is 16.5. The lowest BCUT2D eigenvalue weighted by atomic mass is 10.1. The molecule has 0 aliphatic heterocycles. The number of nitrogens with one attached hydrogen (secondary N) is 2. The fourth-order valence-electron chi connectivity index (χ4n) is 3.12. The standard InChI is InChI=1S/C21H28N2O2/c1-6-25-19-9-7-18(8-10-19)13-23(5)14-20(24)22-21-16(3)11-15(2)12-17(21)4/h7-12H,6,13-14H2,1-5H3,(H,22,24)/p+1. The topological polar surface area (TPSA) is 42.8 Å². The molecule has 0 fully saturated rings. The van der Waals surface area contributed by atoms with Gasteiger partial charge in [-0.3, -0.25) is 4.79 Å². The maximum absolute atomic E-state index is 12.4. The third kappa shape index (κ3) is 5.61. The summed E-state index contributed by atoms with van der Waals surface area (Å²) in [6, 6.07) is 12.3. The molecule has 0 aromatic heterocycles. The SMILES string of the molecule is CCOc1ccc(C[NH+](C)CC(=O)Nc2c(C)cc(C)cc2C)cc1. The zero-order valence-corrected chi connectivity index (χ0v) is 15.9. The molecule has 25 heavy (non-hydrogen) atoms. The lowest BCUT2D eigenvalue weighted by Crippen LogP contribution is -3.08. The quantitative estimate of drug-likeness (QED) is 0.813. The molecule has 0 spiro atoms. The van der Waals surface area contributed by atoms with Gasteiger partial charge in [0.25, 0.3) is 5.91 Å². The van der Waals surface area contributed by atoms with Crippen LogP contribution in [0.4, 0.5) is 5.69 Å². The number of hydrogen-bond acceptors (Lipinski definition) is 2. The molecule has 1 amide bonds. The molecular weight excluding hydrogens is 312 g/mol. The number of amides is 1. The van der Waals surface area contributed by atoms with E-state index in [2.05, 4.69) is 36.5 Å². The Morgan fingerprint density at radius 1 is 1.08 bits per heavy atom. The van der Waals surface area contributed by atoms with Gasteiger partial charge in [-0.15, -0.1) is 0 Å². The third-order valence-electron chi connectivity index (χ3n) is 4.14. The van der Waals surface area contributed by atoms with E-state index < -0.39 is 0 Å². The van der Waals surface area contributed by atoms with E-state index in [9.17, 15) is 4.79 Å². The average Bonchev–Trinajstić information content (AvgIpc) is 2.53. The van der Waals surface area contributed by atoms with Crippen LogP contribution in [-0.2, 0) is 11.3 Å². The molecular formula is C21H29N2O2+. The number of likely N-dealkylation sites (N-methyl/N-ethyl adjacent to an activating group) is 1. The van der Waals surface area contributed by atoms with Crippen molar-refractivity contribution in [3.8, 4) is 5.75 Å². The van der Waals surface area contributed by atoms with E-state index in [-0.39, 0.29) is 5.91 Å². The number of benzene rings is 2. The lowest BCUT2D eigenvalue weighted by Gasteiger charge is -2.16. The van der Waals surface area contributed by atoms with Crippen molar-refractivity contribution in [1.29, 1.82) is 0 Å². The van der Waals surface area contributed by atoms with Gasteiger partial charge in [0.05, 0.1) is 13.7 Å². The van der Waals surface area contributed by atoms with Crippen molar-refractivity contribution in [2.24, 2.45) is 0 Å². The van der Waals surface area contributed by atoms with Crippen LogP contribution >= 0.6 is 0 Å². The molecule has 4 heteroatoms. The second-order valence-corrected chi connectivity index (χ2v) is 6.71. The molecule has 0 heterocycles. The number of rotatable bonds is 7. The molecule has 2 aromatic rings. The van der Waals surface area contributed by atoms with Gasteiger partial charge in [-0.2, -0.15) is 0 Å². The first-order valence-corrected chi connectivity index (χ1v) is 8.79. The molecule has 0 saturated heterocycles. The molecule has 0 saturated carbocycles. The Bertz CT molecular complexity index is 700. The highest BCUT2D eigenvalue weighted by molar-refractivity contribution is 5.93. The molecule has 0 bridgehead atoms. The van der Waals surface area contributed by atoms with E-state index in [1.165, 1.54) is 11.1 Å². The molecule has 0 aliphatic rings. The highest BCUT2D eigenvalue weighted by Crippen LogP contribution is 2.21. The van der Waals surface area contributed by atoms with Gasteiger partial charge in [0.1, 0.15) is 12.3 Å². The van der Waals surface area contributed by atoms with Crippen LogP contribution in [0.1, 0.15) is 29.2 Å². The molecule has 2 aromatic carbocycles. The first-order valence-electron chi connectivity index (χ1n) is 8.79. The fraction of sp³-hybridized carbons (Fsp3) is 0.381. The number of anilines is 1. The maximum Gasteiger partial charge on any atom is 0.279 e. The van der Waals surface area contributed by atoms with Crippen molar-refractivity contribution >= 4 is 11.6 Å². The second-order valence-electron chi connectivity index (χ2n) is 6.71.